The molecule has 0 aliphatic heterocycles. The minimum atomic E-state index is -0.0920. The Morgan fingerprint density at radius 3 is 2.76 bits per heavy atom. The highest BCUT2D eigenvalue weighted by Crippen LogP contribution is 2.34. The second kappa shape index (κ2) is 10.0. The first-order valence-electron chi connectivity index (χ1n) is 12.3. The van der Waals surface area contributed by atoms with E-state index in [0.29, 0.717) is 28.6 Å². The molecule has 0 saturated heterocycles. The van der Waals surface area contributed by atoms with Crippen LogP contribution in [0.3, 0.4) is 0 Å². The van der Waals surface area contributed by atoms with E-state index >= 15 is 0 Å². The maximum atomic E-state index is 12.8. The maximum Gasteiger partial charge on any atom is 0.250 e. The molecule has 0 spiro atoms. The second-order valence-electron chi connectivity index (χ2n) is 9.39. The van der Waals surface area contributed by atoms with Crippen molar-refractivity contribution < 1.29 is 9.53 Å². The number of methoxy groups -OCH3 is 1. The third kappa shape index (κ3) is 4.90. The molecule has 0 unspecified atom stereocenters. The van der Waals surface area contributed by atoms with E-state index in [2.05, 4.69) is 21.9 Å². The molecular weight excluding hydrogens is 466 g/mol. The number of carbonyl (C=O) groups is 1. The Hall–Kier alpha value is -4.24. The van der Waals surface area contributed by atoms with Gasteiger partial charge in [0.05, 0.1) is 18.2 Å². The number of benzene rings is 2. The summed E-state index contributed by atoms with van der Waals surface area (Å²) in [5.74, 6) is 1.01. The van der Waals surface area contributed by atoms with E-state index in [-0.39, 0.29) is 5.91 Å². The van der Waals surface area contributed by atoms with Crippen LogP contribution in [0.25, 0.3) is 28.0 Å². The van der Waals surface area contributed by atoms with Crippen LogP contribution in [-0.4, -0.2) is 64.3 Å². The molecule has 1 aliphatic rings. The van der Waals surface area contributed by atoms with Crippen molar-refractivity contribution in [3.8, 4) is 22.7 Å². The molecule has 1 amide bonds. The minimum Gasteiger partial charge on any atom is -0.496 e. The second-order valence-corrected chi connectivity index (χ2v) is 9.39. The Labute approximate surface area is 216 Å². The summed E-state index contributed by atoms with van der Waals surface area (Å²) < 4.78 is 7.25. The number of nitrogens with zero attached hydrogens (tertiary/aromatic N) is 6. The predicted molar refractivity (Wildman–Crippen MR) is 146 cm³/mol. The number of rotatable bonds is 8. The van der Waals surface area contributed by atoms with Gasteiger partial charge >= 0.3 is 0 Å². The van der Waals surface area contributed by atoms with Gasteiger partial charge in [0.1, 0.15) is 23.6 Å². The van der Waals surface area contributed by atoms with Gasteiger partial charge in [0.15, 0.2) is 5.65 Å². The van der Waals surface area contributed by atoms with Crippen molar-refractivity contribution in [1.29, 1.82) is 0 Å². The number of ether oxygens (including phenoxy) is 1. The molecule has 1 aliphatic carbocycles. The summed E-state index contributed by atoms with van der Waals surface area (Å²) in [5, 5.41) is 5.55. The van der Waals surface area contributed by atoms with E-state index in [9.17, 15) is 4.79 Å². The molecule has 2 heterocycles. The van der Waals surface area contributed by atoms with Gasteiger partial charge in [-0.2, -0.15) is 5.10 Å². The zero-order chi connectivity index (χ0) is 26.1. The number of carbonyl (C=O) groups excluding carboxylic acids is 1. The molecule has 0 bridgehead atoms. The molecule has 37 heavy (non-hydrogen) atoms. The lowest BCUT2D eigenvalue weighted by Gasteiger charge is -2.17. The molecule has 2 aromatic carbocycles. The smallest absolute Gasteiger partial charge is 0.250 e. The quantitative estimate of drug-likeness (QED) is 0.367. The van der Waals surface area contributed by atoms with Crippen LogP contribution >= 0.6 is 0 Å². The molecule has 4 aromatic rings. The van der Waals surface area contributed by atoms with Gasteiger partial charge in [-0.05, 0) is 56.6 Å². The minimum absolute atomic E-state index is 0.0920. The Bertz CT molecular complexity index is 1490. The fraction of sp³-hybridized carbons (Fsp3) is 0.286. The molecule has 5 rings (SSSR count). The molecule has 2 N–H and O–H groups in total. The van der Waals surface area contributed by atoms with Crippen LogP contribution in [0.2, 0.25) is 0 Å². The Morgan fingerprint density at radius 1 is 1.19 bits per heavy atom. The maximum absolute atomic E-state index is 12.8. The van der Waals surface area contributed by atoms with E-state index in [1.807, 2.05) is 55.5 Å². The van der Waals surface area contributed by atoms with Crippen LogP contribution in [-0.2, 0) is 4.79 Å². The Morgan fingerprint density at radius 2 is 2.00 bits per heavy atom. The molecule has 9 heteroatoms. The van der Waals surface area contributed by atoms with Crippen LogP contribution in [0.15, 0.2) is 60.9 Å². The van der Waals surface area contributed by atoms with Gasteiger partial charge in [-0.3, -0.25) is 9.69 Å². The van der Waals surface area contributed by atoms with E-state index in [0.717, 1.165) is 34.8 Å². The lowest BCUT2D eigenvalue weighted by molar-refractivity contribution is -0.113. The molecule has 1 fully saturated rings. The molecule has 0 atom stereocenters. The SMILES string of the molecule is COc1cc(-c2nn(-c3cccc(N(C)C(=O)/C=C/CN(C)C4CC4)c3)c3ncnc(N)c23)ccc1C. The summed E-state index contributed by atoms with van der Waals surface area (Å²) in [4.78, 5) is 25.4. The Kier molecular flexibility index (Phi) is 6.62. The van der Waals surface area contributed by atoms with E-state index in [1.54, 1.807) is 29.8 Å². The van der Waals surface area contributed by atoms with E-state index < -0.39 is 0 Å². The normalized spacial score (nSPS) is 13.5. The van der Waals surface area contributed by atoms with Gasteiger partial charge in [-0.25, -0.2) is 14.6 Å². The first kappa shape index (κ1) is 24.5. The summed E-state index contributed by atoms with van der Waals surface area (Å²) in [6.07, 6.45) is 7.46. The highest BCUT2D eigenvalue weighted by molar-refractivity contribution is 6.01. The number of nitrogen functional groups attached to an aromatic ring is 1. The summed E-state index contributed by atoms with van der Waals surface area (Å²) in [7, 11) is 5.50. The standard InChI is InChI=1S/C28H31N7O2/c1-18-10-11-19(15-23(18)37-4)26-25-27(29)30-17-31-28(25)35(32-26)22-8-5-7-21(16-22)34(3)24(36)9-6-14-33(2)20-12-13-20/h5-11,15-17,20H,12-14H2,1-4H3,(H2,29,30,31)/b9-6+. The van der Waals surface area contributed by atoms with Crippen LogP contribution < -0.4 is 15.4 Å². The third-order valence-electron chi connectivity index (χ3n) is 6.79. The number of aryl methyl sites for hydroxylation is 1. The highest BCUT2D eigenvalue weighted by atomic mass is 16.5. The van der Waals surface area contributed by atoms with Crippen LogP contribution in [0.5, 0.6) is 5.75 Å². The molecule has 9 nitrogen and oxygen atoms in total. The van der Waals surface area contributed by atoms with Crippen molar-refractivity contribution in [3.63, 3.8) is 0 Å². The van der Waals surface area contributed by atoms with Crippen molar-refractivity contribution in [2.24, 2.45) is 0 Å². The van der Waals surface area contributed by atoms with Crippen LogP contribution in [0, 0.1) is 6.92 Å². The molecule has 2 aromatic heterocycles. The molecule has 0 radical (unpaired) electrons. The molecular formula is C28H31N7O2. The summed E-state index contributed by atoms with van der Waals surface area (Å²) in [6.45, 7) is 2.75. The van der Waals surface area contributed by atoms with Gasteiger partial charge in [0.2, 0.25) is 5.91 Å². The molecule has 190 valence electrons. The third-order valence-corrected chi connectivity index (χ3v) is 6.79. The number of fused-ring (bicyclic) bond motifs is 1. The zero-order valence-electron chi connectivity index (χ0n) is 21.5. The number of hydrogen-bond donors (Lipinski definition) is 1. The number of aromatic nitrogens is 4. The van der Waals surface area contributed by atoms with Crippen molar-refractivity contribution >= 4 is 28.4 Å². The lowest BCUT2D eigenvalue weighted by atomic mass is 10.1. The van der Waals surface area contributed by atoms with Gasteiger partial charge in [0.25, 0.3) is 0 Å². The van der Waals surface area contributed by atoms with Crippen molar-refractivity contribution in [1.82, 2.24) is 24.6 Å². The van der Waals surface area contributed by atoms with Crippen molar-refractivity contribution in [3.05, 3.63) is 66.5 Å². The summed E-state index contributed by atoms with van der Waals surface area (Å²) in [6, 6.07) is 14.2. The first-order chi connectivity index (χ1) is 17.9. The summed E-state index contributed by atoms with van der Waals surface area (Å²) in [5.41, 5.74) is 10.9. The number of nitrogens with two attached hydrogens (primary N) is 1. The summed E-state index contributed by atoms with van der Waals surface area (Å²) >= 11 is 0. The Balaban J connectivity index is 1.49. The zero-order valence-corrected chi connectivity index (χ0v) is 21.5. The monoisotopic (exact) mass is 497 g/mol. The van der Waals surface area contributed by atoms with Gasteiger partial charge in [-0.15, -0.1) is 0 Å². The van der Waals surface area contributed by atoms with Gasteiger partial charge in [-0.1, -0.05) is 24.3 Å². The van der Waals surface area contributed by atoms with Gasteiger partial charge in [0, 0.05) is 37.0 Å². The average molecular weight is 498 g/mol. The number of likely N-dealkylation sites (N-methyl/N-ethyl adjacent to an activating group) is 2. The lowest BCUT2D eigenvalue weighted by Crippen LogP contribution is -2.25. The topological polar surface area (TPSA) is 102 Å². The number of amides is 1. The van der Waals surface area contributed by atoms with Gasteiger partial charge < -0.3 is 15.4 Å². The average Bonchev–Trinajstić information content (AvgIpc) is 3.69. The van der Waals surface area contributed by atoms with Crippen LogP contribution in [0.1, 0.15) is 18.4 Å². The van der Waals surface area contributed by atoms with E-state index in [1.165, 1.54) is 19.2 Å². The number of hydrogen-bond acceptors (Lipinski definition) is 7. The molecule has 1 saturated carbocycles. The fourth-order valence-electron chi connectivity index (χ4n) is 4.38. The van der Waals surface area contributed by atoms with Crippen LogP contribution in [0.4, 0.5) is 11.5 Å². The highest BCUT2D eigenvalue weighted by Gasteiger charge is 2.25. The number of anilines is 2. The van der Waals surface area contributed by atoms with E-state index in [4.69, 9.17) is 15.6 Å². The van der Waals surface area contributed by atoms with Crippen molar-refractivity contribution in [2.75, 3.05) is 38.4 Å². The first-order valence-corrected chi connectivity index (χ1v) is 12.3. The largest absolute Gasteiger partial charge is 0.496 e. The predicted octanol–water partition coefficient (Wildman–Crippen LogP) is 3.99. The fourth-order valence-corrected chi connectivity index (χ4v) is 4.38. The van der Waals surface area contributed by atoms with Crippen molar-refractivity contribution in [2.45, 2.75) is 25.8 Å².